The monoisotopic (exact) mass is 283 g/mol. The van der Waals surface area contributed by atoms with Gasteiger partial charge in [0.1, 0.15) is 0 Å². The first-order chi connectivity index (χ1) is 9.62. The van der Waals surface area contributed by atoms with Gasteiger partial charge in [0.05, 0.1) is 0 Å². The summed E-state index contributed by atoms with van der Waals surface area (Å²) in [5.74, 6) is 0.917. The molecule has 2 amide bonds. The number of rotatable bonds is 7. The van der Waals surface area contributed by atoms with Gasteiger partial charge in [-0.15, -0.1) is 0 Å². The van der Waals surface area contributed by atoms with Crippen molar-refractivity contribution in [2.45, 2.75) is 46.0 Å². The number of hydrogen-bond donors (Lipinski definition) is 1. The Bertz CT molecular complexity index is 308. The highest BCUT2D eigenvalue weighted by atomic mass is 16.2. The largest absolute Gasteiger partial charge is 0.343 e. The first-order valence-electron chi connectivity index (χ1n) is 7.87. The smallest absolute Gasteiger partial charge is 0.222 e. The number of likely N-dealkylation sites (tertiary alicyclic amines) is 1. The number of nitrogens with two attached hydrogens (primary N) is 1. The fourth-order valence-corrected chi connectivity index (χ4v) is 2.70. The van der Waals surface area contributed by atoms with Gasteiger partial charge in [-0.3, -0.25) is 9.59 Å². The molecule has 1 rings (SSSR count). The van der Waals surface area contributed by atoms with E-state index in [-0.39, 0.29) is 11.8 Å². The zero-order valence-electron chi connectivity index (χ0n) is 12.9. The third-order valence-electron chi connectivity index (χ3n) is 4.20. The summed E-state index contributed by atoms with van der Waals surface area (Å²) >= 11 is 0. The minimum Gasteiger partial charge on any atom is -0.343 e. The molecule has 0 aromatic rings. The van der Waals surface area contributed by atoms with Gasteiger partial charge >= 0.3 is 0 Å². The van der Waals surface area contributed by atoms with Crippen LogP contribution in [0.4, 0.5) is 0 Å². The lowest BCUT2D eigenvalue weighted by molar-refractivity contribution is -0.133. The van der Waals surface area contributed by atoms with Crippen molar-refractivity contribution < 1.29 is 9.59 Å². The lowest BCUT2D eigenvalue weighted by atomic mass is 9.97. The summed E-state index contributed by atoms with van der Waals surface area (Å²) in [5.41, 5.74) is 5.65. The van der Waals surface area contributed by atoms with Crippen LogP contribution in [0.1, 0.15) is 46.0 Å². The molecule has 0 bridgehead atoms. The number of carbonyl (C=O) groups is 2. The lowest BCUT2D eigenvalue weighted by Crippen LogP contribution is -2.40. The molecule has 20 heavy (non-hydrogen) atoms. The quantitative estimate of drug-likeness (QED) is 0.764. The van der Waals surface area contributed by atoms with Crippen LogP contribution < -0.4 is 5.73 Å². The molecule has 0 unspecified atom stereocenters. The van der Waals surface area contributed by atoms with E-state index in [1.54, 1.807) is 0 Å². The van der Waals surface area contributed by atoms with E-state index < -0.39 is 0 Å². The van der Waals surface area contributed by atoms with E-state index >= 15 is 0 Å². The van der Waals surface area contributed by atoms with Crippen molar-refractivity contribution in [2.24, 2.45) is 11.7 Å². The van der Waals surface area contributed by atoms with Crippen LogP contribution in [0.15, 0.2) is 0 Å². The summed E-state index contributed by atoms with van der Waals surface area (Å²) < 4.78 is 0. The molecule has 0 spiro atoms. The molecule has 1 heterocycles. The third-order valence-corrected chi connectivity index (χ3v) is 4.20. The Labute approximate surface area is 122 Å². The van der Waals surface area contributed by atoms with Crippen LogP contribution >= 0.6 is 0 Å². The fourth-order valence-electron chi connectivity index (χ4n) is 2.70. The molecule has 2 N–H and O–H groups in total. The molecular weight excluding hydrogens is 254 g/mol. The SMILES string of the molecule is CCN(CC)C(=O)CCCC(=O)N1CCC(CN)CC1. The van der Waals surface area contributed by atoms with Crippen molar-refractivity contribution in [3.8, 4) is 0 Å². The van der Waals surface area contributed by atoms with E-state index in [9.17, 15) is 9.59 Å². The molecule has 0 aliphatic carbocycles. The third kappa shape index (κ3) is 5.12. The maximum atomic E-state index is 12.1. The molecule has 1 fully saturated rings. The average molecular weight is 283 g/mol. The molecule has 116 valence electrons. The van der Waals surface area contributed by atoms with Crippen LogP contribution in [0, 0.1) is 5.92 Å². The number of carbonyl (C=O) groups excluding carboxylic acids is 2. The van der Waals surface area contributed by atoms with Crippen LogP contribution in [-0.2, 0) is 9.59 Å². The standard InChI is InChI=1S/C15H29N3O2/c1-3-17(4-2)14(19)6-5-7-15(20)18-10-8-13(12-16)9-11-18/h13H,3-12,16H2,1-2H3. The van der Waals surface area contributed by atoms with E-state index in [1.165, 1.54) is 0 Å². The molecule has 0 aromatic carbocycles. The van der Waals surface area contributed by atoms with E-state index in [0.29, 0.717) is 25.2 Å². The Morgan fingerprint density at radius 2 is 1.75 bits per heavy atom. The summed E-state index contributed by atoms with van der Waals surface area (Å²) in [6.07, 6.45) is 3.65. The summed E-state index contributed by atoms with van der Waals surface area (Å²) in [4.78, 5) is 27.6. The zero-order chi connectivity index (χ0) is 15.0. The molecule has 1 aliphatic rings. The van der Waals surface area contributed by atoms with Gasteiger partial charge < -0.3 is 15.5 Å². The van der Waals surface area contributed by atoms with Gasteiger partial charge in [-0.05, 0) is 45.6 Å². The predicted molar refractivity (Wildman–Crippen MR) is 80.1 cm³/mol. The maximum absolute atomic E-state index is 12.1. The van der Waals surface area contributed by atoms with Crippen molar-refractivity contribution in [2.75, 3.05) is 32.7 Å². The molecule has 0 aromatic heterocycles. The molecule has 0 saturated carbocycles. The number of amides is 2. The van der Waals surface area contributed by atoms with Gasteiger partial charge in [-0.25, -0.2) is 0 Å². The highest BCUT2D eigenvalue weighted by Gasteiger charge is 2.21. The number of hydrogen-bond acceptors (Lipinski definition) is 3. The Morgan fingerprint density at radius 1 is 1.15 bits per heavy atom. The van der Waals surface area contributed by atoms with Gasteiger partial charge in [0.25, 0.3) is 0 Å². The highest BCUT2D eigenvalue weighted by molar-refractivity contribution is 5.79. The Morgan fingerprint density at radius 3 is 2.25 bits per heavy atom. The highest BCUT2D eigenvalue weighted by Crippen LogP contribution is 2.17. The molecule has 1 saturated heterocycles. The molecule has 0 radical (unpaired) electrons. The van der Waals surface area contributed by atoms with E-state index in [2.05, 4.69) is 0 Å². The lowest BCUT2D eigenvalue weighted by Gasteiger charge is -2.31. The second-order valence-corrected chi connectivity index (χ2v) is 5.48. The van der Waals surface area contributed by atoms with E-state index in [1.807, 2.05) is 23.6 Å². The van der Waals surface area contributed by atoms with Crippen LogP contribution in [0.2, 0.25) is 0 Å². The summed E-state index contributed by atoms with van der Waals surface area (Å²) in [5, 5.41) is 0. The van der Waals surface area contributed by atoms with Crippen molar-refractivity contribution in [1.29, 1.82) is 0 Å². The first-order valence-corrected chi connectivity index (χ1v) is 7.87. The van der Waals surface area contributed by atoms with Crippen LogP contribution in [0.3, 0.4) is 0 Å². The normalized spacial score (nSPS) is 16.2. The summed E-state index contributed by atoms with van der Waals surface area (Å²) in [6.45, 7) is 7.82. The maximum Gasteiger partial charge on any atom is 0.222 e. The summed E-state index contributed by atoms with van der Waals surface area (Å²) in [7, 11) is 0. The number of piperidine rings is 1. The minimum absolute atomic E-state index is 0.157. The average Bonchev–Trinajstić information content (AvgIpc) is 2.48. The van der Waals surface area contributed by atoms with Crippen molar-refractivity contribution in [3.05, 3.63) is 0 Å². The van der Waals surface area contributed by atoms with Gasteiger partial charge in [-0.1, -0.05) is 0 Å². The molecule has 5 nitrogen and oxygen atoms in total. The molecule has 5 heteroatoms. The van der Waals surface area contributed by atoms with Crippen LogP contribution in [0.5, 0.6) is 0 Å². The molecule has 1 aliphatic heterocycles. The van der Waals surface area contributed by atoms with E-state index in [4.69, 9.17) is 5.73 Å². The summed E-state index contributed by atoms with van der Waals surface area (Å²) in [6, 6.07) is 0. The fraction of sp³-hybridized carbons (Fsp3) is 0.867. The van der Waals surface area contributed by atoms with Gasteiger partial charge in [0.15, 0.2) is 0 Å². The van der Waals surface area contributed by atoms with Gasteiger partial charge in [0.2, 0.25) is 11.8 Å². The Balaban J connectivity index is 2.22. The van der Waals surface area contributed by atoms with E-state index in [0.717, 1.165) is 45.6 Å². The van der Waals surface area contributed by atoms with Crippen LogP contribution in [-0.4, -0.2) is 54.3 Å². The van der Waals surface area contributed by atoms with Crippen molar-refractivity contribution >= 4 is 11.8 Å². The molecular formula is C15H29N3O2. The second-order valence-electron chi connectivity index (χ2n) is 5.48. The van der Waals surface area contributed by atoms with Gasteiger partial charge in [0, 0.05) is 39.0 Å². The first kappa shape index (κ1) is 17.0. The predicted octanol–water partition coefficient (Wildman–Crippen LogP) is 1.22. The van der Waals surface area contributed by atoms with Crippen molar-refractivity contribution in [3.63, 3.8) is 0 Å². The van der Waals surface area contributed by atoms with Crippen LogP contribution in [0.25, 0.3) is 0 Å². The molecule has 0 atom stereocenters. The number of nitrogens with zero attached hydrogens (tertiary/aromatic N) is 2. The minimum atomic E-state index is 0.157. The van der Waals surface area contributed by atoms with Crippen molar-refractivity contribution in [1.82, 2.24) is 9.80 Å². The topological polar surface area (TPSA) is 66.6 Å². The van der Waals surface area contributed by atoms with Gasteiger partial charge in [-0.2, -0.15) is 0 Å². The Kier molecular flexibility index (Phi) is 7.59. The zero-order valence-corrected chi connectivity index (χ0v) is 12.9. The Hall–Kier alpha value is -1.10. The second kappa shape index (κ2) is 8.95.